The van der Waals surface area contributed by atoms with Crippen LogP contribution < -0.4 is 21.7 Å². The molecule has 9 nitrogen and oxygen atoms in total. The van der Waals surface area contributed by atoms with Crippen LogP contribution in [0.25, 0.3) is 0 Å². The Morgan fingerprint density at radius 2 is 1.29 bits per heavy atom. The molecule has 0 fully saturated rings. The number of carboxylic acids is 1. The highest BCUT2D eigenvalue weighted by molar-refractivity contribution is 5.94. The fourth-order valence-corrected chi connectivity index (χ4v) is 2.35. The van der Waals surface area contributed by atoms with Gasteiger partial charge in [0.2, 0.25) is 17.7 Å². The molecule has 0 bridgehead atoms. The molecule has 0 rings (SSSR count). The smallest absolute Gasteiger partial charge is 0.325 e. The monoisotopic (exact) mass is 400 g/mol. The molecular formula is C19H36N4O5. The molecule has 6 N–H and O–H groups in total. The maximum Gasteiger partial charge on any atom is 0.325 e. The number of rotatable bonds is 9. The number of hydrogen-bond donors (Lipinski definition) is 5. The van der Waals surface area contributed by atoms with Crippen LogP contribution in [0.3, 0.4) is 0 Å². The van der Waals surface area contributed by atoms with Crippen molar-refractivity contribution in [2.75, 3.05) is 0 Å². The lowest BCUT2D eigenvalue weighted by molar-refractivity contribution is -0.142. The van der Waals surface area contributed by atoms with Gasteiger partial charge < -0.3 is 26.8 Å². The molecule has 0 saturated heterocycles. The lowest BCUT2D eigenvalue weighted by Crippen LogP contribution is -2.61. The van der Waals surface area contributed by atoms with Gasteiger partial charge in [-0.2, -0.15) is 0 Å². The van der Waals surface area contributed by atoms with Crippen molar-refractivity contribution in [3.05, 3.63) is 0 Å². The van der Waals surface area contributed by atoms with Crippen molar-refractivity contribution >= 4 is 23.7 Å². The van der Waals surface area contributed by atoms with E-state index in [0.29, 0.717) is 0 Å². The van der Waals surface area contributed by atoms with Crippen molar-refractivity contribution in [3.8, 4) is 0 Å². The van der Waals surface area contributed by atoms with Gasteiger partial charge in [-0.15, -0.1) is 0 Å². The van der Waals surface area contributed by atoms with Crippen molar-refractivity contribution in [2.24, 2.45) is 23.0 Å². The van der Waals surface area contributed by atoms with Gasteiger partial charge in [0.05, 0.1) is 6.04 Å². The van der Waals surface area contributed by atoms with E-state index in [1.807, 2.05) is 0 Å². The number of hydrogen-bond acceptors (Lipinski definition) is 5. The van der Waals surface area contributed by atoms with E-state index in [0.717, 1.165) is 0 Å². The van der Waals surface area contributed by atoms with Crippen molar-refractivity contribution in [1.29, 1.82) is 0 Å². The third-order valence-electron chi connectivity index (χ3n) is 4.41. The van der Waals surface area contributed by atoms with Gasteiger partial charge >= 0.3 is 5.97 Å². The maximum atomic E-state index is 12.8. The summed E-state index contributed by atoms with van der Waals surface area (Å²) < 4.78 is 0. The fourth-order valence-electron chi connectivity index (χ4n) is 2.35. The average molecular weight is 401 g/mol. The molecular weight excluding hydrogens is 364 g/mol. The van der Waals surface area contributed by atoms with Gasteiger partial charge in [0.1, 0.15) is 18.1 Å². The van der Waals surface area contributed by atoms with Crippen LogP contribution in [0.15, 0.2) is 0 Å². The highest BCUT2D eigenvalue weighted by atomic mass is 16.4. The third-order valence-corrected chi connectivity index (χ3v) is 4.41. The molecule has 0 aromatic rings. The summed E-state index contributed by atoms with van der Waals surface area (Å²) in [5.74, 6) is -3.10. The zero-order valence-electron chi connectivity index (χ0n) is 18.1. The summed E-state index contributed by atoms with van der Waals surface area (Å²) in [6.45, 7) is 13.7. The summed E-state index contributed by atoms with van der Waals surface area (Å²) in [6.07, 6.45) is 0. The molecule has 0 aromatic carbocycles. The highest BCUT2D eigenvalue weighted by Gasteiger charge is 2.37. The predicted octanol–water partition coefficient (Wildman–Crippen LogP) is 0.231. The van der Waals surface area contributed by atoms with Gasteiger partial charge in [-0.3, -0.25) is 19.2 Å². The zero-order valence-corrected chi connectivity index (χ0v) is 18.1. The Balaban J connectivity index is 5.42. The topological polar surface area (TPSA) is 151 Å². The van der Waals surface area contributed by atoms with Gasteiger partial charge in [-0.25, -0.2) is 0 Å². The second-order valence-electron chi connectivity index (χ2n) is 8.88. The van der Waals surface area contributed by atoms with Crippen LogP contribution in [0.5, 0.6) is 0 Å². The minimum Gasteiger partial charge on any atom is -0.480 e. The number of nitrogens with one attached hydrogen (secondary N) is 3. The average Bonchev–Trinajstić information content (AvgIpc) is 2.54. The van der Waals surface area contributed by atoms with E-state index in [1.165, 1.54) is 6.92 Å². The summed E-state index contributed by atoms with van der Waals surface area (Å²) in [5.41, 5.74) is 5.16. The fraction of sp³-hybridized carbons (Fsp3) is 0.789. The van der Waals surface area contributed by atoms with E-state index in [2.05, 4.69) is 16.0 Å². The number of carbonyl (C=O) groups excluding carboxylic acids is 3. The van der Waals surface area contributed by atoms with E-state index in [4.69, 9.17) is 10.8 Å². The minimum absolute atomic E-state index is 0.0959. The lowest BCUT2D eigenvalue weighted by atomic mass is 9.85. The second kappa shape index (κ2) is 10.4. The first-order chi connectivity index (χ1) is 12.6. The van der Waals surface area contributed by atoms with Gasteiger partial charge in [0.25, 0.3) is 0 Å². The van der Waals surface area contributed by atoms with Crippen LogP contribution in [-0.4, -0.2) is 53.0 Å². The second-order valence-corrected chi connectivity index (χ2v) is 8.88. The molecule has 0 heterocycles. The molecule has 162 valence electrons. The molecule has 0 unspecified atom stereocenters. The maximum absolute atomic E-state index is 12.8. The molecule has 0 aliphatic carbocycles. The standard InChI is InChI=1S/C19H36N4O5/c1-9(2)12(20)15(24)22-13(10(3)4)16(25)23-14(19(6,7)8)17(26)21-11(5)18(27)28/h9-14H,20H2,1-8H3,(H,21,26)(H,22,24)(H,23,25)(H,27,28)/t11-,12-,13-,14+/m0/s1. The molecule has 0 spiro atoms. The Kier molecular flexibility index (Phi) is 9.60. The normalized spacial score (nSPS) is 16.1. The molecule has 9 heteroatoms. The summed E-state index contributed by atoms with van der Waals surface area (Å²) in [6, 6.07) is -3.73. The first-order valence-electron chi connectivity index (χ1n) is 9.49. The molecule has 4 atom stereocenters. The summed E-state index contributed by atoms with van der Waals surface area (Å²) in [7, 11) is 0. The Hall–Kier alpha value is -2.16. The van der Waals surface area contributed by atoms with Crippen molar-refractivity contribution in [3.63, 3.8) is 0 Å². The summed E-state index contributed by atoms with van der Waals surface area (Å²) >= 11 is 0. The molecule has 0 aliphatic heterocycles. The van der Waals surface area contributed by atoms with E-state index in [-0.39, 0.29) is 11.8 Å². The van der Waals surface area contributed by atoms with Gasteiger partial charge in [0.15, 0.2) is 0 Å². The van der Waals surface area contributed by atoms with E-state index < -0.39 is 53.3 Å². The van der Waals surface area contributed by atoms with Crippen LogP contribution in [0.1, 0.15) is 55.4 Å². The zero-order chi connectivity index (χ0) is 22.4. The first-order valence-corrected chi connectivity index (χ1v) is 9.49. The van der Waals surface area contributed by atoms with Gasteiger partial charge in [0, 0.05) is 0 Å². The molecule has 0 aliphatic rings. The Morgan fingerprint density at radius 1 is 0.786 bits per heavy atom. The van der Waals surface area contributed by atoms with Gasteiger partial charge in [-0.05, 0) is 24.2 Å². The van der Waals surface area contributed by atoms with E-state index in [9.17, 15) is 19.2 Å². The minimum atomic E-state index is -1.18. The van der Waals surface area contributed by atoms with Crippen LogP contribution in [0.2, 0.25) is 0 Å². The van der Waals surface area contributed by atoms with Crippen molar-refractivity contribution in [2.45, 2.75) is 79.6 Å². The lowest BCUT2D eigenvalue weighted by Gasteiger charge is -2.33. The highest BCUT2D eigenvalue weighted by Crippen LogP contribution is 2.20. The first kappa shape index (κ1) is 25.8. The van der Waals surface area contributed by atoms with E-state index >= 15 is 0 Å². The van der Waals surface area contributed by atoms with Crippen LogP contribution in [0, 0.1) is 17.3 Å². The van der Waals surface area contributed by atoms with Crippen molar-refractivity contribution in [1.82, 2.24) is 16.0 Å². The molecule has 0 radical (unpaired) electrons. The number of carboxylic acid groups (broad SMARTS) is 1. The SMILES string of the molecule is CC(C)[C@H](N)C(=O)N[C@H](C(=O)N[C@H](C(=O)N[C@@H](C)C(=O)O)C(C)(C)C)C(C)C. The van der Waals surface area contributed by atoms with Crippen molar-refractivity contribution < 1.29 is 24.3 Å². The Labute approximate surface area is 167 Å². The van der Waals surface area contributed by atoms with Crippen LogP contribution in [-0.2, 0) is 19.2 Å². The number of nitrogens with two attached hydrogens (primary N) is 1. The Morgan fingerprint density at radius 3 is 1.64 bits per heavy atom. The molecule has 3 amide bonds. The summed E-state index contributed by atoms with van der Waals surface area (Å²) in [5, 5.41) is 16.7. The number of carbonyl (C=O) groups is 4. The van der Waals surface area contributed by atoms with Crippen LogP contribution >= 0.6 is 0 Å². The number of amides is 3. The molecule has 28 heavy (non-hydrogen) atoms. The quantitative estimate of drug-likeness (QED) is 0.374. The van der Waals surface area contributed by atoms with E-state index in [1.54, 1.807) is 48.5 Å². The predicted molar refractivity (Wildman–Crippen MR) is 106 cm³/mol. The Bertz CT molecular complexity index is 583. The number of aliphatic carboxylic acids is 1. The molecule has 0 aromatic heterocycles. The third kappa shape index (κ3) is 7.84. The molecule has 0 saturated carbocycles. The largest absolute Gasteiger partial charge is 0.480 e. The summed E-state index contributed by atoms with van der Waals surface area (Å²) in [4.78, 5) is 48.7. The van der Waals surface area contributed by atoms with Crippen LogP contribution in [0.4, 0.5) is 0 Å². The van der Waals surface area contributed by atoms with Gasteiger partial charge in [-0.1, -0.05) is 48.5 Å².